The number of imide groups is 1. The fraction of sp³-hybridized carbons (Fsp3) is 0.250. The number of amides is 3. The number of carbonyl (C=O) groups is 2. The number of anilines is 1. The lowest BCUT2D eigenvalue weighted by Crippen LogP contribution is -2.34. The van der Waals surface area contributed by atoms with Crippen molar-refractivity contribution in [1.82, 2.24) is 15.6 Å². The van der Waals surface area contributed by atoms with Gasteiger partial charge in [-0.2, -0.15) is 0 Å². The minimum Gasteiger partial charge on any atom is -0.395 e. The monoisotopic (exact) mass is 496 g/mol. The summed E-state index contributed by atoms with van der Waals surface area (Å²) in [6.45, 7) is 0.899. The van der Waals surface area contributed by atoms with E-state index in [1.54, 1.807) is 24.3 Å². The van der Waals surface area contributed by atoms with Gasteiger partial charge in [0.25, 0.3) is 5.91 Å². The van der Waals surface area contributed by atoms with Crippen LogP contribution in [-0.2, 0) is 9.84 Å². The van der Waals surface area contributed by atoms with Crippen molar-refractivity contribution in [2.75, 3.05) is 30.8 Å². The molecule has 12 heteroatoms. The Morgan fingerprint density at radius 1 is 1.12 bits per heavy atom. The van der Waals surface area contributed by atoms with Crippen LogP contribution in [0.2, 0.25) is 5.02 Å². The molecule has 170 valence electrons. The highest BCUT2D eigenvalue weighted by Gasteiger charge is 2.17. The summed E-state index contributed by atoms with van der Waals surface area (Å²) < 4.78 is 25.7. The number of hydrogen-bond acceptors (Lipinski definition) is 8. The number of thiazole rings is 1. The molecule has 0 fully saturated rings. The summed E-state index contributed by atoms with van der Waals surface area (Å²) in [7, 11) is -3.48. The van der Waals surface area contributed by atoms with E-state index in [0.717, 1.165) is 11.3 Å². The Morgan fingerprint density at radius 2 is 1.91 bits per heavy atom. The van der Waals surface area contributed by atoms with E-state index in [4.69, 9.17) is 16.7 Å². The Kier molecular flexibility index (Phi) is 8.15. The smallest absolute Gasteiger partial charge is 0.327 e. The highest BCUT2D eigenvalue weighted by molar-refractivity contribution is 7.91. The first-order chi connectivity index (χ1) is 15.3. The van der Waals surface area contributed by atoms with E-state index in [9.17, 15) is 18.0 Å². The summed E-state index contributed by atoms with van der Waals surface area (Å²) in [5, 5.41) is 16.8. The average molecular weight is 497 g/mol. The van der Waals surface area contributed by atoms with Crippen molar-refractivity contribution >= 4 is 60.1 Å². The number of hydrogen-bond donors (Lipinski definition) is 4. The van der Waals surface area contributed by atoms with Gasteiger partial charge in [-0.05, 0) is 43.3 Å². The molecule has 1 heterocycles. The van der Waals surface area contributed by atoms with E-state index < -0.39 is 21.8 Å². The quantitative estimate of drug-likeness (QED) is 0.334. The second-order valence-electron chi connectivity index (χ2n) is 6.68. The molecular weight excluding hydrogens is 476 g/mol. The topological polar surface area (TPSA) is 137 Å². The molecule has 0 spiro atoms. The number of nitrogens with zero attached hydrogens (tertiary/aromatic N) is 1. The maximum atomic E-state index is 12.6. The molecule has 1 aromatic heterocycles. The van der Waals surface area contributed by atoms with Gasteiger partial charge in [0, 0.05) is 6.54 Å². The molecule has 0 saturated heterocycles. The van der Waals surface area contributed by atoms with Gasteiger partial charge in [0.2, 0.25) is 0 Å². The van der Waals surface area contributed by atoms with E-state index in [0.29, 0.717) is 29.7 Å². The minimum atomic E-state index is -3.48. The Morgan fingerprint density at radius 3 is 2.66 bits per heavy atom. The van der Waals surface area contributed by atoms with Crippen LogP contribution in [0.15, 0.2) is 47.4 Å². The van der Waals surface area contributed by atoms with Crippen molar-refractivity contribution in [2.24, 2.45) is 0 Å². The first kappa shape index (κ1) is 24.1. The second-order valence-corrected chi connectivity index (χ2v) is 10.2. The summed E-state index contributed by atoms with van der Waals surface area (Å²) in [6, 6.07) is 10.1. The number of aromatic nitrogens is 1. The van der Waals surface area contributed by atoms with Gasteiger partial charge in [-0.1, -0.05) is 35.1 Å². The highest BCUT2D eigenvalue weighted by atomic mass is 35.5. The number of carbonyl (C=O) groups excluding carboxylic acids is 2. The van der Waals surface area contributed by atoms with Gasteiger partial charge < -0.3 is 10.4 Å². The number of fused-ring (bicyclic) bond motifs is 1. The lowest BCUT2D eigenvalue weighted by atomic mass is 10.2. The third-order valence-electron chi connectivity index (χ3n) is 4.34. The molecular formula is C20H21ClN4O5S2. The molecule has 0 aliphatic carbocycles. The van der Waals surface area contributed by atoms with Crippen LogP contribution >= 0.6 is 22.9 Å². The van der Waals surface area contributed by atoms with Crippen LogP contribution in [0.4, 0.5) is 9.93 Å². The van der Waals surface area contributed by atoms with Gasteiger partial charge in [-0.3, -0.25) is 15.4 Å². The predicted molar refractivity (Wildman–Crippen MR) is 124 cm³/mol. The van der Waals surface area contributed by atoms with Gasteiger partial charge in [-0.25, -0.2) is 18.2 Å². The molecule has 0 saturated carbocycles. The van der Waals surface area contributed by atoms with Gasteiger partial charge >= 0.3 is 6.03 Å². The normalized spacial score (nSPS) is 11.4. The lowest BCUT2D eigenvalue weighted by molar-refractivity contribution is 0.0967. The van der Waals surface area contributed by atoms with Crippen molar-refractivity contribution in [2.45, 2.75) is 11.3 Å². The van der Waals surface area contributed by atoms with Crippen molar-refractivity contribution < 1.29 is 23.1 Å². The van der Waals surface area contributed by atoms with Crippen LogP contribution in [0, 0.1) is 0 Å². The molecule has 2 aromatic carbocycles. The number of aliphatic hydroxyl groups is 1. The fourth-order valence-electron chi connectivity index (χ4n) is 2.81. The minimum absolute atomic E-state index is 0.00263. The van der Waals surface area contributed by atoms with Gasteiger partial charge in [-0.15, -0.1) is 0 Å². The average Bonchev–Trinajstić information content (AvgIpc) is 3.15. The number of urea groups is 1. The number of rotatable bonds is 9. The summed E-state index contributed by atoms with van der Waals surface area (Å²) in [6.07, 6.45) is 0.412. The molecule has 3 rings (SSSR count). The van der Waals surface area contributed by atoms with E-state index in [1.165, 1.54) is 18.2 Å². The Labute approximate surface area is 193 Å². The molecule has 0 atom stereocenters. The van der Waals surface area contributed by atoms with Crippen LogP contribution < -0.4 is 16.0 Å². The summed E-state index contributed by atoms with van der Waals surface area (Å²) >= 11 is 7.05. The van der Waals surface area contributed by atoms with E-state index in [-0.39, 0.29) is 33.0 Å². The molecule has 0 bridgehead atoms. The maximum absolute atomic E-state index is 12.6. The first-order valence-electron chi connectivity index (χ1n) is 9.62. The van der Waals surface area contributed by atoms with Crippen LogP contribution in [0.25, 0.3) is 10.2 Å². The van der Waals surface area contributed by atoms with Crippen LogP contribution in [-0.4, -0.2) is 55.9 Å². The van der Waals surface area contributed by atoms with E-state index in [1.807, 2.05) is 0 Å². The lowest BCUT2D eigenvalue weighted by Gasteiger charge is -2.05. The highest BCUT2D eigenvalue weighted by Crippen LogP contribution is 2.28. The maximum Gasteiger partial charge on any atom is 0.327 e. The zero-order valence-electron chi connectivity index (χ0n) is 16.8. The standard InChI is InChI=1S/C20H21ClN4O5S2/c21-15-5-2-1-4-14(15)18(27)24-19(28)25-20-23-16-7-6-13(12-17(16)31-20)32(29,30)11-3-8-22-9-10-26/h1-2,4-7,12,22,26H,3,8-11H2,(H2,23,24,25,27,28). The van der Waals surface area contributed by atoms with Crippen molar-refractivity contribution in [1.29, 1.82) is 0 Å². The fourth-order valence-corrected chi connectivity index (χ4v) is 5.33. The summed E-state index contributed by atoms with van der Waals surface area (Å²) in [4.78, 5) is 28.8. The molecule has 0 unspecified atom stereocenters. The van der Waals surface area contributed by atoms with Crippen molar-refractivity contribution in [3.8, 4) is 0 Å². The zero-order chi connectivity index (χ0) is 23.1. The largest absolute Gasteiger partial charge is 0.395 e. The van der Waals surface area contributed by atoms with Gasteiger partial charge in [0.05, 0.1) is 38.1 Å². The van der Waals surface area contributed by atoms with Crippen LogP contribution in [0.3, 0.4) is 0 Å². The van der Waals surface area contributed by atoms with Crippen molar-refractivity contribution in [3.63, 3.8) is 0 Å². The molecule has 9 nitrogen and oxygen atoms in total. The van der Waals surface area contributed by atoms with E-state index >= 15 is 0 Å². The predicted octanol–water partition coefficient (Wildman–Crippen LogP) is 2.66. The number of aliphatic hydroxyl groups excluding tert-OH is 1. The van der Waals surface area contributed by atoms with Crippen LogP contribution in [0.1, 0.15) is 16.8 Å². The van der Waals surface area contributed by atoms with Crippen LogP contribution in [0.5, 0.6) is 0 Å². The third kappa shape index (κ3) is 6.24. The Hall–Kier alpha value is -2.57. The van der Waals surface area contributed by atoms with Gasteiger partial charge in [0.1, 0.15) is 0 Å². The molecule has 32 heavy (non-hydrogen) atoms. The third-order valence-corrected chi connectivity index (χ3v) is 7.40. The first-order valence-corrected chi connectivity index (χ1v) is 12.5. The molecule has 0 radical (unpaired) electrons. The SMILES string of the molecule is O=C(NC(=O)c1ccccc1Cl)Nc1nc2ccc(S(=O)(=O)CCCNCCO)cc2s1. The van der Waals surface area contributed by atoms with Gasteiger partial charge in [0.15, 0.2) is 15.0 Å². The van der Waals surface area contributed by atoms with E-state index in [2.05, 4.69) is 20.9 Å². The molecule has 3 amide bonds. The Bertz CT molecular complexity index is 1230. The molecule has 4 N–H and O–H groups in total. The molecule has 3 aromatic rings. The number of benzene rings is 2. The van der Waals surface area contributed by atoms with Crippen molar-refractivity contribution in [3.05, 3.63) is 53.1 Å². The summed E-state index contributed by atoms with van der Waals surface area (Å²) in [5.41, 5.74) is 0.682. The second kappa shape index (κ2) is 10.8. The number of halogens is 1. The number of nitrogens with one attached hydrogen (secondary N) is 3. The molecule has 0 aliphatic heterocycles. The Balaban J connectivity index is 1.65. The number of sulfone groups is 1. The summed E-state index contributed by atoms with van der Waals surface area (Å²) in [5.74, 6) is -0.691. The molecule has 0 aliphatic rings. The zero-order valence-corrected chi connectivity index (χ0v) is 19.2.